The van der Waals surface area contributed by atoms with Gasteiger partial charge < -0.3 is 35.0 Å². The number of aliphatic hydroxyl groups excluding tert-OH is 4. The Morgan fingerprint density at radius 3 is 2.37 bits per heavy atom. The number of hydrogen-bond donors (Lipinski definition) is 5. The highest BCUT2D eigenvalue weighted by atomic mass is 16.7. The van der Waals surface area contributed by atoms with E-state index in [-0.39, 0.29) is 13.0 Å². The SMILES string of the molecule is O=C(O)CCCCOC1OC(CO)C(O)C(O)C1O. The van der Waals surface area contributed by atoms with E-state index in [4.69, 9.17) is 19.7 Å². The average Bonchev–Trinajstić information content (AvgIpc) is 2.37. The Kier molecular flexibility index (Phi) is 6.63. The van der Waals surface area contributed by atoms with Gasteiger partial charge >= 0.3 is 5.97 Å². The molecule has 1 fully saturated rings. The van der Waals surface area contributed by atoms with Crippen LogP contribution in [0.5, 0.6) is 0 Å². The molecule has 0 amide bonds. The highest BCUT2D eigenvalue weighted by Crippen LogP contribution is 2.22. The maximum atomic E-state index is 10.3. The smallest absolute Gasteiger partial charge is 0.303 e. The fourth-order valence-corrected chi connectivity index (χ4v) is 1.78. The van der Waals surface area contributed by atoms with Gasteiger partial charge in [0.25, 0.3) is 0 Å². The zero-order valence-electron chi connectivity index (χ0n) is 10.4. The first-order valence-electron chi connectivity index (χ1n) is 6.11. The molecule has 1 heterocycles. The lowest BCUT2D eigenvalue weighted by atomic mass is 9.99. The summed E-state index contributed by atoms with van der Waals surface area (Å²) < 4.78 is 10.3. The molecular weight excluding hydrogens is 260 g/mol. The van der Waals surface area contributed by atoms with Gasteiger partial charge in [0.2, 0.25) is 0 Å². The second kappa shape index (κ2) is 7.73. The molecule has 5 atom stereocenters. The zero-order chi connectivity index (χ0) is 14.4. The third kappa shape index (κ3) is 4.68. The largest absolute Gasteiger partial charge is 0.481 e. The van der Waals surface area contributed by atoms with E-state index >= 15 is 0 Å². The molecule has 19 heavy (non-hydrogen) atoms. The number of carbonyl (C=O) groups is 1. The molecule has 1 rings (SSSR count). The zero-order valence-corrected chi connectivity index (χ0v) is 10.4. The second-order valence-corrected chi connectivity index (χ2v) is 4.42. The Labute approximate surface area is 110 Å². The summed E-state index contributed by atoms with van der Waals surface area (Å²) >= 11 is 0. The third-order valence-corrected chi connectivity index (χ3v) is 2.92. The van der Waals surface area contributed by atoms with Crippen LogP contribution >= 0.6 is 0 Å². The molecule has 1 aliphatic heterocycles. The summed E-state index contributed by atoms with van der Waals surface area (Å²) in [5, 5.41) is 46.1. The van der Waals surface area contributed by atoms with Gasteiger partial charge in [-0.25, -0.2) is 0 Å². The summed E-state index contributed by atoms with van der Waals surface area (Å²) in [4.78, 5) is 10.3. The van der Waals surface area contributed by atoms with E-state index in [1.165, 1.54) is 0 Å². The fourth-order valence-electron chi connectivity index (χ4n) is 1.78. The molecule has 0 aromatic carbocycles. The minimum absolute atomic E-state index is 0.0258. The van der Waals surface area contributed by atoms with Crippen LogP contribution in [-0.4, -0.2) is 75.4 Å². The van der Waals surface area contributed by atoms with Crippen molar-refractivity contribution in [3.63, 3.8) is 0 Å². The lowest BCUT2D eigenvalue weighted by molar-refractivity contribution is -0.301. The summed E-state index contributed by atoms with van der Waals surface area (Å²) in [6, 6.07) is 0. The van der Waals surface area contributed by atoms with Crippen LogP contribution in [0.4, 0.5) is 0 Å². The molecular formula is C11H20O8. The van der Waals surface area contributed by atoms with E-state index in [0.29, 0.717) is 12.8 Å². The molecule has 5 N–H and O–H groups in total. The number of aliphatic hydroxyl groups is 4. The molecule has 0 aromatic rings. The monoisotopic (exact) mass is 280 g/mol. The summed E-state index contributed by atoms with van der Waals surface area (Å²) in [6.45, 7) is -0.361. The summed E-state index contributed by atoms with van der Waals surface area (Å²) in [7, 11) is 0. The second-order valence-electron chi connectivity index (χ2n) is 4.42. The Hall–Kier alpha value is -0.770. The van der Waals surface area contributed by atoms with Gasteiger partial charge in [-0.2, -0.15) is 0 Å². The van der Waals surface area contributed by atoms with Crippen molar-refractivity contribution < 1.29 is 39.8 Å². The van der Waals surface area contributed by atoms with Crippen molar-refractivity contribution in [3.8, 4) is 0 Å². The van der Waals surface area contributed by atoms with Crippen molar-refractivity contribution in [2.45, 2.75) is 50.0 Å². The number of aliphatic carboxylic acids is 1. The molecule has 0 saturated carbocycles. The van der Waals surface area contributed by atoms with E-state index in [1.54, 1.807) is 0 Å². The van der Waals surface area contributed by atoms with Crippen molar-refractivity contribution in [3.05, 3.63) is 0 Å². The first-order valence-corrected chi connectivity index (χ1v) is 6.11. The maximum Gasteiger partial charge on any atom is 0.303 e. The number of rotatable bonds is 7. The molecule has 8 heteroatoms. The van der Waals surface area contributed by atoms with Crippen molar-refractivity contribution in [1.29, 1.82) is 0 Å². The predicted octanol–water partition coefficient (Wildman–Crippen LogP) is -1.94. The highest BCUT2D eigenvalue weighted by molar-refractivity contribution is 5.66. The van der Waals surface area contributed by atoms with E-state index in [0.717, 1.165) is 0 Å². The Balaban J connectivity index is 2.33. The minimum atomic E-state index is -1.46. The van der Waals surface area contributed by atoms with Crippen LogP contribution < -0.4 is 0 Å². The number of carboxylic acids is 1. The van der Waals surface area contributed by atoms with Crippen molar-refractivity contribution in [2.24, 2.45) is 0 Å². The summed E-state index contributed by atoms with van der Waals surface area (Å²) in [6.07, 6.45) is -5.53. The Bertz CT molecular complexity index is 282. The van der Waals surface area contributed by atoms with Crippen LogP contribution in [0.25, 0.3) is 0 Å². The average molecular weight is 280 g/mol. The van der Waals surface area contributed by atoms with Gasteiger partial charge in [-0.3, -0.25) is 4.79 Å². The summed E-state index contributed by atoms with van der Waals surface area (Å²) in [5.74, 6) is -0.896. The molecule has 112 valence electrons. The predicted molar refractivity (Wildman–Crippen MR) is 61.2 cm³/mol. The normalized spacial score (nSPS) is 35.3. The van der Waals surface area contributed by atoms with Gasteiger partial charge in [0, 0.05) is 13.0 Å². The van der Waals surface area contributed by atoms with Gasteiger partial charge in [0.15, 0.2) is 6.29 Å². The first-order chi connectivity index (χ1) is 8.97. The quantitative estimate of drug-likeness (QED) is 0.340. The molecule has 1 saturated heterocycles. The minimum Gasteiger partial charge on any atom is -0.481 e. The molecule has 0 radical (unpaired) electrons. The van der Waals surface area contributed by atoms with Crippen LogP contribution in [0, 0.1) is 0 Å². The molecule has 1 aliphatic rings. The van der Waals surface area contributed by atoms with Crippen molar-refractivity contribution in [2.75, 3.05) is 13.2 Å². The van der Waals surface area contributed by atoms with Gasteiger partial charge in [-0.1, -0.05) is 0 Å². The number of hydrogen-bond acceptors (Lipinski definition) is 7. The van der Waals surface area contributed by atoms with E-state index < -0.39 is 43.3 Å². The highest BCUT2D eigenvalue weighted by Gasteiger charge is 2.43. The molecule has 0 aliphatic carbocycles. The lowest BCUT2D eigenvalue weighted by Gasteiger charge is -2.39. The van der Waals surface area contributed by atoms with Crippen LogP contribution in [0.3, 0.4) is 0 Å². The van der Waals surface area contributed by atoms with Crippen molar-refractivity contribution >= 4 is 5.97 Å². The lowest BCUT2D eigenvalue weighted by Crippen LogP contribution is -2.59. The number of unbranched alkanes of at least 4 members (excludes halogenated alkanes) is 1. The standard InChI is InChI=1S/C11H20O8/c12-5-6-8(15)9(16)10(17)11(19-6)18-4-2-1-3-7(13)14/h6,8-12,15-17H,1-5H2,(H,13,14). The number of ether oxygens (including phenoxy) is 2. The van der Waals surface area contributed by atoms with Crippen molar-refractivity contribution in [1.82, 2.24) is 0 Å². The van der Waals surface area contributed by atoms with E-state index in [9.17, 15) is 20.1 Å². The topological polar surface area (TPSA) is 137 Å². The van der Waals surface area contributed by atoms with Crippen LogP contribution in [0.1, 0.15) is 19.3 Å². The van der Waals surface area contributed by atoms with Gasteiger partial charge in [-0.05, 0) is 12.8 Å². The number of carboxylic acid groups (broad SMARTS) is 1. The Morgan fingerprint density at radius 2 is 1.79 bits per heavy atom. The van der Waals surface area contributed by atoms with Crippen LogP contribution in [0.15, 0.2) is 0 Å². The molecule has 0 aromatic heterocycles. The third-order valence-electron chi connectivity index (χ3n) is 2.92. The van der Waals surface area contributed by atoms with Crippen LogP contribution in [-0.2, 0) is 14.3 Å². The van der Waals surface area contributed by atoms with Gasteiger partial charge in [0.1, 0.15) is 24.4 Å². The van der Waals surface area contributed by atoms with Gasteiger partial charge in [-0.15, -0.1) is 0 Å². The van der Waals surface area contributed by atoms with Gasteiger partial charge in [0.05, 0.1) is 6.61 Å². The fraction of sp³-hybridized carbons (Fsp3) is 0.909. The van der Waals surface area contributed by atoms with Crippen LogP contribution in [0.2, 0.25) is 0 Å². The molecule has 5 unspecified atom stereocenters. The molecule has 0 spiro atoms. The molecule has 8 nitrogen and oxygen atoms in total. The Morgan fingerprint density at radius 1 is 1.11 bits per heavy atom. The van der Waals surface area contributed by atoms with E-state index in [1.807, 2.05) is 0 Å². The maximum absolute atomic E-state index is 10.3. The first kappa shape index (κ1) is 16.3. The summed E-state index contributed by atoms with van der Waals surface area (Å²) in [5.41, 5.74) is 0. The van der Waals surface area contributed by atoms with E-state index in [2.05, 4.69) is 0 Å². The molecule has 0 bridgehead atoms.